The predicted molar refractivity (Wildman–Crippen MR) is 65.3 cm³/mol. The van der Waals surface area contributed by atoms with Crippen molar-refractivity contribution in [1.29, 1.82) is 0 Å². The van der Waals surface area contributed by atoms with Gasteiger partial charge in [-0.15, -0.1) is 0 Å². The molecule has 1 aromatic heterocycles. The summed E-state index contributed by atoms with van der Waals surface area (Å²) in [4.78, 5) is 22.0. The Hall–Kier alpha value is -1.65. The highest BCUT2D eigenvalue weighted by molar-refractivity contribution is 5.96. The van der Waals surface area contributed by atoms with Crippen LogP contribution in [0, 0.1) is 11.8 Å². The second-order valence-electron chi connectivity index (χ2n) is 4.95. The summed E-state index contributed by atoms with van der Waals surface area (Å²) in [6, 6.07) is 0. The summed E-state index contributed by atoms with van der Waals surface area (Å²) in [5, 5.41) is 0. The van der Waals surface area contributed by atoms with Crippen LogP contribution in [-0.4, -0.2) is 33.9 Å². The minimum atomic E-state index is -0.103. The first-order chi connectivity index (χ1) is 8.08. The van der Waals surface area contributed by atoms with Crippen LogP contribution in [0.25, 0.3) is 0 Å². The minimum absolute atomic E-state index is 0.103. The highest BCUT2D eigenvalue weighted by atomic mass is 16.2. The molecule has 5 nitrogen and oxygen atoms in total. The van der Waals surface area contributed by atoms with Gasteiger partial charge in [0, 0.05) is 25.5 Å². The van der Waals surface area contributed by atoms with Crippen LogP contribution in [0.2, 0.25) is 0 Å². The first-order valence-corrected chi connectivity index (χ1v) is 5.93. The van der Waals surface area contributed by atoms with Crippen LogP contribution >= 0.6 is 0 Å². The van der Waals surface area contributed by atoms with Crippen molar-refractivity contribution >= 4 is 11.7 Å². The molecule has 1 amide bonds. The zero-order chi connectivity index (χ0) is 12.4. The maximum absolute atomic E-state index is 12.3. The van der Waals surface area contributed by atoms with Crippen LogP contribution in [0.15, 0.2) is 12.4 Å². The molecule has 0 radical (unpaired) electrons. The van der Waals surface area contributed by atoms with Crippen LogP contribution in [0.1, 0.15) is 30.8 Å². The SMILES string of the molecule is CC1CC(C)CN(C(=O)c2nccnc2N)C1. The van der Waals surface area contributed by atoms with Crippen LogP contribution in [0.4, 0.5) is 5.82 Å². The van der Waals surface area contributed by atoms with Gasteiger partial charge < -0.3 is 10.6 Å². The number of aromatic nitrogens is 2. The predicted octanol–water partition coefficient (Wildman–Crippen LogP) is 1.18. The van der Waals surface area contributed by atoms with Crippen molar-refractivity contribution in [3.63, 3.8) is 0 Å². The Balaban J connectivity index is 2.17. The quantitative estimate of drug-likeness (QED) is 0.792. The number of piperidine rings is 1. The number of anilines is 1. The fourth-order valence-corrected chi connectivity index (χ4v) is 2.49. The van der Waals surface area contributed by atoms with E-state index < -0.39 is 0 Å². The van der Waals surface area contributed by atoms with Gasteiger partial charge in [0.05, 0.1) is 0 Å². The van der Waals surface area contributed by atoms with Gasteiger partial charge in [-0.25, -0.2) is 9.97 Å². The molecule has 2 rings (SSSR count). The average Bonchev–Trinajstić information content (AvgIpc) is 2.27. The molecule has 0 aliphatic carbocycles. The Morgan fingerprint density at radius 2 is 1.88 bits per heavy atom. The van der Waals surface area contributed by atoms with Crippen molar-refractivity contribution < 1.29 is 4.79 Å². The minimum Gasteiger partial charge on any atom is -0.382 e. The van der Waals surface area contributed by atoms with Gasteiger partial charge in [0.15, 0.2) is 11.5 Å². The van der Waals surface area contributed by atoms with Gasteiger partial charge in [-0.3, -0.25) is 4.79 Å². The zero-order valence-electron chi connectivity index (χ0n) is 10.3. The summed E-state index contributed by atoms with van der Waals surface area (Å²) < 4.78 is 0. The van der Waals surface area contributed by atoms with E-state index in [-0.39, 0.29) is 17.4 Å². The van der Waals surface area contributed by atoms with Gasteiger partial charge >= 0.3 is 0 Å². The molecule has 2 unspecified atom stereocenters. The Labute approximate surface area is 101 Å². The number of hydrogen-bond donors (Lipinski definition) is 1. The Morgan fingerprint density at radius 3 is 2.47 bits per heavy atom. The summed E-state index contributed by atoms with van der Waals surface area (Å²) in [5.74, 6) is 1.17. The third-order valence-corrected chi connectivity index (χ3v) is 3.09. The van der Waals surface area contributed by atoms with E-state index in [0.29, 0.717) is 11.8 Å². The third-order valence-electron chi connectivity index (χ3n) is 3.09. The number of likely N-dealkylation sites (tertiary alicyclic amines) is 1. The Morgan fingerprint density at radius 1 is 1.29 bits per heavy atom. The van der Waals surface area contributed by atoms with Crippen LogP contribution < -0.4 is 5.73 Å². The number of nitrogen functional groups attached to an aromatic ring is 1. The number of carbonyl (C=O) groups is 1. The first-order valence-electron chi connectivity index (χ1n) is 5.93. The smallest absolute Gasteiger partial charge is 0.276 e. The molecule has 1 aliphatic heterocycles. The van der Waals surface area contributed by atoms with Gasteiger partial charge in [0.2, 0.25) is 0 Å². The largest absolute Gasteiger partial charge is 0.382 e. The van der Waals surface area contributed by atoms with E-state index in [1.165, 1.54) is 18.8 Å². The van der Waals surface area contributed by atoms with E-state index in [4.69, 9.17) is 5.73 Å². The van der Waals surface area contributed by atoms with Gasteiger partial charge in [-0.05, 0) is 18.3 Å². The molecule has 0 spiro atoms. The maximum Gasteiger partial charge on any atom is 0.276 e. The molecule has 1 aliphatic rings. The molecule has 1 aromatic rings. The lowest BCUT2D eigenvalue weighted by atomic mass is 9.92. The molecule has 2 N–H and O–H groups in total. The molecule has 5 heteroatoms. The molecule has 1 fully saturated rings. The van der Waals surface area contributed by atoms with Crippen molar-refractivity contribution in [2.45, 2.75) is 20.3 Å². The summed E-state index contributed by atoms with van der Waals surface area (Å²) in [7, 11) is 0. The van der Waals surface area contributed by atoms with E-state index in [2.05, 4.69) is 23.8 Å². The van der Waals surface area contributed by atoms with Crippen LogP contribution in [-0.2, 0) is 0 Å². The Bertz CT molecular complexity index is 411. The summed E-state index contributed by atoms with van der Waals surface area (Å²) in [6.45, 7) is 5.88. The van der Waals surface area contributed by atoms with Gasteiger partial charge in [0.1, 0.15) is 0 Å². The number of hydrogen-bond acceptors (Lipinski definition) is 4. The lowest BCUT2D eigenvalue weighted by Gasteiger charge is -2.34. The monoisotopic (exact) mass is 234 g/mol. The average molecular weight is 234 g/mol. The van der Waals surface area contributed by atoms with E-state index >= 15 is 0 Å². The second-order valence-corrected chi connectivity index (χ2v) is 4.95. The van der Waals surface area contributed by atoms with Crippen molar-refractivity contribution in [1.82, 2.24) is 14.9 Å². The highest BCUT2D eigenvalue weighted by Gasteiger charge is 2.27. The first kappa shape index (κ1) is 11.8. The molecule has 0 saturated carbocycles. The topological polar surface area (TPSA) is 72.1 Å². The third kappa shape index (κ3) is 2.54. The Kier molecular flexibility index (Phi) is 3.26. The molecule has 17 heavy (non-hydrogen) atoms. The summed E-state index contributed by atoms with van der Waals surface area (Å²) >= 11 is 0. The molecular formula is C12H18N4O. The molecule has 1 saturated heterocycles. The van der Waals surface area contributed by atoms with Gasteiger partial charge in [-0.1, -0.05) is 13.8 Å². The van der Waals surface area contributed by atoms with E-state index in [1.54, 1.807) is 0 Å². The van der Waals surface area contributed by atoms with Crippen molar-refractivity contribution in [3.05, 3.63) is 18.1 Å². The van der Waals surface area contributed by atoms with Crippen LogP contribution in [0.3, 0.4) is 0 Å². The lowest BCUT2D eigenvalue weighted by Crippen LogP contribution is -2.43. The fourth-order valence-electron chi connectivity index (χ4n) is 2.49. The van der Waals surface area contributed by atoms with E-state index in [9.17, 15) is 4.79 Å². The highest BCUT2D eigenvalue weighted by Crippen LogP contribution is 2.22. The van der Waals surface area contributed by atoms with Crippen molar-refractivity contribution in [3.8, 4) is 0 Å². The van der Waals surface area contributed by atoms with Gasteiger partial charge in [0.25, 0.3) is 5.91 Å². The van der Waals surface area contributed by atoms with Gasteiger partial charge in [-0.2, -0.15) is 0 Å². The summed E-state index contributed by atoms with van der Waals surface area (Å²) in [5.41, 5.74) is 5.95. The fraction of sp³-hybridized carbons (Fsp3) is 0.583. The van der Waals surface area contributed by atoms with Crippen molar-refractivity contribution in [2.24, 2.45) is 11.8 Å². The number of rotatable bonds is 1. The standard InChI is InChI=1S/C12H18N4O/c1-8-5-9(2)7-16(6-8)12(17)10-11(13)15-4-3-14-10/h3-4,8-9H,5-7H2,1-2H3,(H2,13,15). The molecule has 2 heterocycles. The molecular weight excluding hydrogens is 216 g/mol. The molecule has 2 atom stereocenters. The number of nitrogens with two attached hydrogens (primary N) is 1. The molecule has 0 bridgehead atoms. The number of amides is 1. The molecule has 92 valence electrons. The second kappa shape index (κ2) is 4.69. The normalized spacial score (nSPS) is 24.7. The van der Waals surface area contributed by atoms with E-state index in [0.717, 1.165) is 13.1 Å². The number of carbonyl (C=O) groups excluding carboxylic acids is 1. The number of nitrogens with zero attached hydrogens (tertiary/aromatic N) is 3. The maximum atomic E-state index is 12.3. The summed E-state index contributed by atoms with van der Waals surface area (Å²) in [6.07, 6.45) is 4.16. The lowest BCUT2D eigenvalue weighted by molar-refractivity contribution is 0.0618. The molecule has 0 aromatic carbocycles. The van der Waals surface area contributed by atoms with Crippen LogP contribution in [0.5, 0.6) is 0 Å². The zero-order valence-corrected chi connectivity index (χ0v) is 10.3. The van der Waals surface area contributed by atoms with Crippen molar-refractivity contribution in [2.75, 3.05) is 18.8 Å². The van der Waals surface area contributed by atoms with E-state index in [1.807, 2.05) is 4.90 Å².